The maximum absolute atomic E-state index is 13.5. The normalized spacial score (nSPS) is 13.0. The lowest BCUT2D eigenvalue weighted by Gasteiger charge is -2.11. The van der Waals surface area contributed by atoms with Crippen LogP contribution in [-0.4, -0.2) is 62.6 Å². The Labute approximate surface area is 213 Å². The highest BCUT2D eigenvalue weighted by molar-refractivity contribution is 7.90. The van der Waals surface area contributed by atoms with Gasteiger partial charge >= 0.3 is 12.1 Å². The van der Waals surface area contributed by atoms with Crippen LogP contribution in [0.1, 0.15) is 23.9 Å². The SMILES string of the molecule is C=C(/C=C\C(=C/C)c1cccc(S(C)(=O)=O)c1)c1c(Cl)c(C(F)(F)F)nn1CC(=O)OCCN(C)C. The molecule has 0 radical (unpaired) electrons. The molecule has 36 heavy (non-hydrogen) atoms. The molecule has 0 N–H and O–H groups in total. The molecule has 1 aromatic carbocycles. The van der Waals surface area contributed by atoms with Crippen LogP contribution in [0, 0.1) is 0 Å². The minimum Gasteiger partial charge on any atom is -0.463 e. The highest BCUT2D eigenvalue weighted by atomic mass is 35.5. The van der Waals surface area contributed by atoms with E-state index in [2.05, 4.69) is 11.7 Å². The van der Waals surface area contributed by atoms with Crippen molar-refractivity contribution in [2.45, 2.75) is 24.5 Å². The molecule has 12 heteroatoms. The number of likely N-dealkylation sites (N-methyl/N-ethyl adjacent to an activating group) is 1. The maximum Gasteiger partial charge on any atom is 0.436 e. The number of allylic oxidation sites excluding steroid dienone is 5. The van der Waals surface area contributed by atoms with Crippen molar-refractivity contribution in [2.24, 2.45) is 0 Å². The predicted octanol–water partition coefficient (Wildman–Crippen LogP) is 4.74. The zero-order valence-electron chi connectivity index (χ0n) is 20.3. The van der Waals surface area contributed by atoms with E-state index in [1.165, 1.54) is 18.2 Å². The van der Waals surface area contributed by atoms with E-state index in [-0.39, 0.29) is 22.8 Å². The molecule has 1 heterocycles. The lowest BCUT2D eigenvalue weighted by Crippen LogP contribution is -2.23. The first-order valence-corrected chi connectivity index (χ1v) is 12.9. The van der Waals surface area contributed by atoms with E-state index < -0.39 is 39.2 Å². The number of esters is 1. The van der Waals surface area contributed by atoms with E-state index in [0.29, 0.717) is 17.7 Å². The van der Waals surface area contributed by atoms with Crippen molar-refractivity contribution in [1.82, 2.24) is 14.7 Å². The van der Waals surface area contributed by atoms with Crippen LogP contribution in [0.15, 0.2) is 54.0 Å². The molecule has 1 aromatic heterocycles. The van der Waals surface area contributed by atoms with Crippen LogP contribution >= 0.6 is 11.6 Å². The number of alkyl halides is 3. The zero-order valence-corrected chi connectivity index (χ0v) is 21.8. The molecule has 0 bridgehead atoms. The monoisotopic (exact) mass is 545 g/mol. The Morgan fingerprint density at radius 1 is 1.28 bits per heavy atom. The highest BCUT2D eigenvalue weighted by Crippen LogP contribution is 2.38. The molecule has 2 aromatic rings. The number of sulfone groups is 1. The zero-order chi connectivity index (χ0) is 27.3. The van der Waals surface area contributed by atoms with Crippen LogP contribution in [-0.2, 0) is 32.1 Å². The molecule has 7 nitrogen and oxygen atoms in total. The number of halogens is 4. The lowest BCUT2D eigenvalue weighted by atomic mass is 10.0. The molecule has 0 aliphatic rings. The van der Waals surface area contributed by atoms with Crippen molar-refractivity contribution in [3.8, 4) is 0 Å². The van der Waals surface area contributed by atoms with E-state index in [1.807, 2.05) is 0 Å². The average molecular weight is 546 g/mol. The van der Waals surface area contributed by atoms with Crippen LogP contribution in [0.25, 0.3) is 11.1 Å². The summed E-state index contributed by atoms with van der Waals surface area (Å²) < 4.78 is 70.1. The average Bonchev–Trinajstić information content (AvgIpc) is 3.09. The van der Waals surface area contributed by atoms with E-state index in [9.17, 15) is 26.4 Å². The molecule has 0 spiro atoms. The third-order valence-electron chi connectivity index (χ3n) is 4.92. The number of ether oxygens (including phenoxy) is 1. The number of benzene rings is 1. The molecule has 2 rings (SSSR count). The fraction of sp³-hybridized carbons (Fsp3) is 0.333. The second kappa shape index (κ2) is 11.9. The molecule has 0 amide bonds. The van der Waals surface area contributed by atoms with Gasteiger partial charge in [-0.1, -0.05) is 48.5 Å². The van der Waals surface area contributed by atoms with E-state index in [1.54, 1.807) is 50.2 Å². The van der Waals surface area contributed by atoms with Crippen molar-refractivity contribution in [1.29, 1.82) is 0 Å². The Kier molecular flexibility index (Phi) is 9.70. The van der Waals surface area contributed by atoms with Gasteiger partial charge in [0.05, 0.1) is 15.6 Å². The van der Waals surface area contributed by atoms with Crippen LogP contribution in [0.2, 0.25) is 5.02 Å². The van der Waals surface area contributed by atoms with Gasteiger partial charge < -0.3 is 9.64 Å². The molecule has 0 aliphatic carbocycles. The summed E-state index contributed by atoms with van der Waals surface area (Å²) in [6.07, 6.45) is 0.912. The van der Waals surface area contributed by atoms with Crippen LogP contribution in [0.5, 0.6) is 0 Å². The summed E-state index contributed by atoms with van der Waals surface area (Å²) in [5, 5.41) is 2.81. The summed E-state index contributed by atoms with van der Waals surface area (Å²) in [6, 6.07) is 6.23. The molecule has 0 atom stereocenters. The maximum atomic E-state index is 13.5. The number of hydrogen-bond acceptors (Lipinski definition) is 6. The van der Waals surface area contributed by atoms with E-state index in [0.717, 1.165) is 10.9 Å². The highest BCUT2D eigenvalue weighted by Gasteiger charge is 2.39. The number of carbonyl (C=O) groups is 1. The number of aromatic nitrogens is 2. The third-order valence-corrected chi connectivity index (χ3v) is 6.39. The molecule has 0 unspecified atom stereocenters. The van der Waals surface area contributed by atoms with Gasteiger partial charge in [-0.05, 0) is 49.9 Å². The van der Waals surface area contributed by atoms with Gasteiger partial charge in [-0.2, -0.15) is 18.3 Å². The van der Waals surface area contributed by atoms with Gasteiger partial charge in [0, 0.05) is 12.8 Å². The van der Waals surface area contributed by atoms with Crippen molar-refractivity contribution in [2.75, 3.05) is 33.5 Å². The smallest absolute Gasteiger partial charge is 0.436 e. The van der Waals surface area contributed by atoms with Crippen molar-refractivity contribution < 1.29 is 31.1 Å². The number of hydrogen-bond donors (Lipinski definition) is 0. The summed E-state index contributed by atoms with van der Waals surface area (Å²) >= 11 is 6.04. The van der Waals surface area contributed by atoms with Crippen LogP contribution in [0.3, 0.4) is 0 Å². The van der Waals surface area contributed by atoms with Crippen LogP contribution < -0.4 is 0 Å². The molecular weight excluding hydrogens is 519 g/mol. The molecule has 196 valence electrons. The van der Waals surface area contributed by atoms with Gasteiger partial charge in [0.25, 0.3) is 0 Å². The largest absolute Gasteiger partial charge is 0.463 e. The summed E-state index contributed by atoms with van der Waals surface area (Å²) in [7, 11) is 0.121. The fourth-order valence-corrected chi connectivity index (χ4v) is 4.12. The lowest BCUT2D eigenvalue weighted by molar-refractivity contribution is -0.146. The Bertz CT molecular complexity index is 1300. The molecule has 0 saturated heterocycles. The molecule has 0 saturated carbocycles. The van der Waals surface area contributed by atoms with Crippen molar-refractivity contribution >= 4 is 38.6 Å². The summed E-state index contributed by atoms with van der Waals surface area (Å²) in [5.41, 5.74) is -0.317. The Morgan fingerprint density at radius 2 is 1.94 bits per heavy atom. The minimum atomic E-state index is -4.85. The van der Waals surface area contributed by atoms with Gasteiger partial charge in [0.1, 0.15) is 13.2 Å². The number of carbonyl (C=O) groups excluding carboxylic acids is 1. The van der Waals surface area contributed by atoms with Gasteiger partial charge in [0.2, 0.25) is 0 Å². The first-order chi connectivity index (χ1) is 16.6. The Hall–Kier alpha value is -2.89. The summed E-state index contributed by atoms with van der Waals surface area (Å²) in [6.45, 7) is 5.43. The summed E-state index contributed by atoms with van der Waals surface area (Å²) in [4.78, 5) is 14.1. The molecular formula is C24H27ClF3N3O4S. The Morgan fingerprint density at radius 3 is 2.50 bits per heavy atom. The second-order valence-corrected chi connectivity index (χ2v) is 10.5. The van der Waals surface area contributed by atoms with Crippen molar-refractivity contribution in [3.05, 3.63) is 71.0 Å². The predicted molar refractivity (Wildman–Crippen MR) is 133 cm³/mol. The van der Waals surface area contributed by atoms with Gasteiger partial charge in [-0.3, -0.25) is 9.48 Å². The quantitative estimate of drug-likeness (QED) is 0.317. The van der Waals surface area contributed by atoms with Gasteiger partial charge in [-0.25, -0.2) is 8.42 Å². The second-order valence-electron chi connectivity index (χ2n) is 8.09. The van der Waals surface area contributed by atoms with Crippen molar-refractivity contribution in [3.63, 3.8) is 0 Å². The van der Waals surface area contributed by atoms with E-state index >= 15 is 0 Å². The molecule has 0 aliphatic heterocycles. The van der Waals surface area contributed by atoms with Gasteiger partial charge in [0.15, 0.2) is 15.5 Å². The van der Waals surface area contributed by atoms with Crippen LogP contribution in [0.4, 0.5) is 13.2 Å². The number of rotatable bonds is 10. The minimum absolute atomic E-state index is 0.0559. The Balaban J connectivity index is 2.39. The fourth-order valence-electron chi connectivity index (χ4n) is 3.09. The standard InChI is InChI=1S/C24H27ClF3N3O4S/c1-6-17(18-8-7-9-19(14-18)36(5,33)34)11-10-16(2)22-21(25)23(24(26,27)28)29-31(22)15-20(32)35-13-12-30(3)4/h6-11,14H,2,12-13,15H2,1,3-5H3/b11-10-,17-6+. The summed E-state index contributed by atoms with van der Waals surface area (Å²) in [5.74, 6) is -0.783. The third kappa shape index (κ3) is 7.81. The van der Waals surface area contributed by atoms with E-state index in [4.69, 9.17) is 16.3 Å². The topological polar surface area (TPSA) is 81.5 Å². The molecule has 0 fully saturated rings. The first-order valence-electron chi connectivity index (χ1n) is 10.6. The number of nitrogens with zero attached hydrogens (tertiary/aromatic N) is 3. The first kappa shape index (κ1) is 29.3. The van der Waals surface area contributed by atoms with Gasteiger partial charge in [-0.15, -0.1) is 0 Å².